The quantitative estimate of drug-likeness (QED) is 0.785. The summed E-state index contributed by atoms with van der Waals surface area (Å²) >= 11 is 0. The lowest BCUT2D eigenvalue weighted by atomic mass is 9.96. The molecule has 0 aromatic rings. The first-order chi connectivity index (χ1) is 12.2. The molecule has 2 saturated heterocycles. The standard InChI is InChI=1S/C20H33N3O2/c24-19(16-8-9-16)23-10-3-5-17(15-23)20(25)22-12-4-11-21(13-14-22)18-6-1-2-7-18/h16-18H,1-15H2/t17-/m1/s1. The zero-order valence-electron chi connectivity index (χ0n) is 15.5. The van der Waals surface area contributed by atoms with Gasteiger partial charge in [-0.15, -0.1) is 0 Å². The Bertz CT molecular complexity index is 499. The van der Waals surface area contributed by atoms with Crippen LogP contribution in [0.5, 0.6) is 0 Å². The molecule has 2 aliphatic heterocycles. The molecule has 0 aromatic heterocycles. The summed E-state index contributed by atoms with van der Waals surface area (Å²) in [5, 5.41) is 0. The minimum Gasteiger partial charge on any atom is -0.342 e. The van der Waals surface area contributed by atoms with Crippen LogP contribution in [0.2, 0.25) is 0 Å². The molecule has 0 aromatic carbocycles. The highest BCUT2D eigenvalue weighted by molar-refractivity contribution is 5.83. The zero-order chi connectivity index (χ0) is 17.2. The third-order valence-electron chi connectivity index (χ3n) is 6.69. The van der Waals surface area contributed by atoms with E-state index in [1.807, 2.05) is 4.90 Å². The molecule has 4 aliphatic rings. The Balaban J connectivity index is 1.31. The second-order valence-electron chi connectivity index (χ2n) is 8.55. The highest BCUT2D eigenvalue weighted by Crippen LogP contribution is 2.33. The van der Waals surface area contributed by atoms with E-state index in [2.05, 4.69) is 9.80 Å². The Morgan fingerprint density at radius 1 is 0.600 bits per heavy atom. The number of likely N-dealkylation sites (tertiary alicyclic amines) is 1. The normalized spacial score (nSPS) is 29.7. The van der Waals surface area contributed by atoms with Crippen molar-refractivity contribution in [3.05, 3.63) is 0 Å². The van der Waals surface area contributed by atoms with Gasteiger partial charge in [-0.2, -0.15) is 0 Å². The first kappa shape index (κ1) is 17.3. The Morgan fingerprint density at radius 2 is 1.32 bits per heavy atom. The maximum Gasteiger partial charge on any atom is 0.227 e. The molecule has 2 heterocycles. The number of hydrogen-bond donors (Lipinski definition) is 0. The molecule has 5 nitrogen and oxygen atoms in total. The number of hydrogen-bond acceptors (Lipinski definition) is 3. The summed E-state index contributed by atoms with van der Waals surface area (Å²) in [6.07, 6.45) is 10.6. The number of carbonyl (C=O) groups excluding carboxylic acids is 2. The molecule has 0 spiro atoms. The van der Waals surface area contributed by atoms with Crippen molar-refractivity contribution in [1.29, 1.82) is 0 Å². The first-order valence-corrected chi connectivity index (χ1v) is 10.5. The highest BCUT2D eigenvalue weighted by atomic mass is 16.2. The van der Waals surface area contributed by atoms with Crippen LogP contribution in [-0.4, -0.2) is 71.8 Å². The molecule has 140 valence electrons. The van der Waals surface area contributed by atoms with Gasteiger partial charge in [-0.3, -0.25) is 14.5 Å². The number of amides is 2. The number of carbonyl (C=O) groups is 2. The van der Waals surface area contributed by atoms with Gasteiger partial charge in [0.25, 0.3) is 0 Å². The lowest BCUT2D eigenvalue weighted by molar-refractivity contribution is -0.141. The fourth-order valence-electron chi connectivity index (χ4n) is 5.02. The first-order valence-electron chi connectivity index (χ1n) is 10.5. The average Bonchev–Trinajstić information content (AvgIpc) is 3.41. The van der Waals surface area contributed by atoms with E-state index >= 15 is 0 Å². The van der Waals surface area contributed by atoms with E-state index in [9.17, 15) is 9.59 Å². The van der Waals surface area contributed by atoms with Gasteiger partial charge in [0.05, 0.1) is 5.92 Å². The molecule has 4 fully saturated rings. The van der Waals surface area contributed by atoms with E-state index in [-0.39, 0.29) is 11.8 Å². The molecule has 5 heteroatoms. The Morgan fingerprint density at radius 3 is 2.08 bits per heavy atom. The highest BCUT2D eigenvalue weighted by Gasteiger charge is 2.38. The third-order valence-corrected chi connectivity index (χ3v) is 6.69. The van der Waals surface area contributed by atoms with E-state index in [0.29, 0.717) is 18.4 Å². The summed E-state index contributed by atoms with van der Waals surface area (Å²) in [4.78, 5) is 32.1. The molecule has 4 rings (SSSR count). The Hall–Kier alpha value is -1.10. The van der Waals surface area contributed by atoms with Crippen molar-refractivity contribution < 1.29 is 9.59 Å². The van der Waals surface area contributed by atoms with Crippen molar-refractivity contribution in [3.8, 4) is 0 Å². The monoisotopic (exact) mass is 347 g/mol. The predicted molar refractivity (Wildman–Crippen MR) is 97.1 cm³/mol. The molecular formula is C20H33N3O2. The van der Waals surface area contributed by atoms with Crippen LogP contribution >= 0.6 is 0 Å². The molecule has 0 N–H and O–H groups in total. The van der Waals surface area contributed by atoms with Crippen LogP contribution in [-0.2, 0) is 9.59 Å². The molecular weight excluding hydrogens is 314 g/mol. The van der Waals surface area contributed by atoms with Crippen molar-refractivity contribution in [3.63, 3.8) is 0 Å². The molecule has 2 saturated carbocycles. The van der Waals surface area contributed by atoms with Gasteiger partial charge in [0.15, 0.2) is 0 Å². The van der Waals surface area contributed by atoms with E-state index < -0.39 is 0 Å². The van der Waals surface area contributed by atoms with Crippen molar-refractivity contribution in [2.24, 2.45) is 11.8 Å². The second-order valence-corrected chi connectivity index (χ2v) is 8.55. The van der Waals surface area contributed by atoms with Crippen molar-refractivity contribution in [2.45, 2.75) is 63.8 Å². The van der Waals surface area contributed by atoms with E-state index in [4.69, 9.17) is 0 Å². The maximum absolute atomic E-state index is 13.1. The zero-order valence-corrected chi connectivity index (χ0v) is 15.5. The largest absolute Gasteiger partial charge is 0.342 e. The van der Waals surface area contributed by atoms with Crippen LogP contribution in [0.15, 0.2) is 0 Å². The minimum absolute atomic E-state index is 0.0366. The van der Waals surface area contributed by atoms with E-state index in [1.54, 1.807) is 0 Å². The number of rotatable bonds is 3. The van der Waals surface area contributed by atoms with Crippen molar-refractivity contribution in [1.82, 2.24) is 14.7 Å². The fraction of sp³-hybridized carbons (Fsp3) is 0.900. The smallest absolute Gasteiger partial charge is 0.227 e. The van der Waals surface area contributed by atoms with Crippen LogP contribution < -0.4 is 0 Å². The summed E-state index contributed by atoms with van der Waals surface area (Å²) in [7, 11) is 0. The van der Waals surface area contributed by atoms with Gasteiger partial charge in [0, 0.05) is 51.2 Å². The average molecular weight is 348 g/mol. The minimum atomic E-state index is 0.0366. The van der Waals surface area contributed by atoms with Gasteiger partial charge in [0.2, 0.25) is 11.8 Å². The summed E-state index contributed by atoms with van der Waals surface area (Å²) in [5.74, 6) is 0.920. The topological polar surface area (TPSA) is 43.9 Å². The lowest BCUT2D eigenvalue weighted by Crippen LogP contribution is -2.48. The van der Waals surface area contributed by atoms with Crippen LogP contribution in [0.3, 0.4) is 0 Å². The molecule has 2 aliphatic carbocycles. The second kappa shape index (κ2) is 7.65. The van der Waals surface area contributed by atoms with Gasteiger partial charge in [-0.05, 0) is 44.9 Å². The Kier molecular flexibility index (Phi) is 5.30. The molecule has 2 amide bonds. The van der Waals surface area contributed by atoms with Crippen LogP contribution in [0.4, 0.5) is 0 Å². The lowest BCUT2D eigenvalue weighted by Gasteiger charge is -2.35. The summed E-state index contributed by atoms with van der Waals surface area (Å²) in [6.45, 7) is 5.47. The van der Waals surface area contributed by atoms with Crippen LogP contribution in [0.1, 0.15) is 57.8 Å². The predicted octanol–water partition coefficient (Wildman–Crippen LogP) is 2.11. The van der Waals surface area contributed by atoms with Gasteiger partial charge in [0.1, 0.15) is 0 Å². The van der Waals surface area contributed by atoms with Crippen molar-refractivity contribution >= 4 is 11.8 Å². The van der Waals surface area contributed by atoms with Crippen molar-refractivity contribution in [2.75, 3.05) is 39.3 Å². The third kappa shape index (κ3) is 4.02. The summed E-state index contributed by atoms with van der Waals surface area (Å²) < 4.78 is 0. The summed E-state index contributed by atoms with van der Waals surface area (Å²) in [5.41, 5.74) is 0. The molecule has 25 heavy (non-hydrogen) atoms. The summed E-state index contributed by atoms with van der Waals surface area (Å²) in [6, 6.07) is 0.761. The van der Waals surface area contributed by atoms with E-state index in [0.717, 1.165) is 70.9 Å². The molecule has 1 atom stereocenters. The maximum atomic E-state index is 13.1. The van der Waals surface area contributed by atoms with Crippen LogP contribution in [0.25, 0.3) is 0 Å². The number of nitrogens with zero attached hydrogens (tertiary/aromatic N) is 3. The van der Waals surface area contributed by atoms with Gasteiger partial charge >= 0.3 is 0 Å². The van der Waals surface area contributed by atoms with Gasteiger partial charge in [-0.1, -0.05) is 12.8 Å². The molecule has 0 radical (unpaired) electrons. The van der Waals surface area contributed by atoms with Crippen LogP contribution in [0, 0.1) is 11.8 Å². The SMILES string of the molecule is O=C(C1CC1)N1CCC[C@@H](C(=O)N2CCCN(C3CCCC3)CC2)C1. The van der Waals surface area contributed by atoms with Gasteiger partial charge in [-0.25, -0.2) is 0 Å². The number of piperidine rings is 1. The molecule has 0 bridgehead atoms. The Labute approximate surface area is 151 Å². The fourth-order valence-corrected chi connectivity index (χ4v) is 5.02. The van der Waals surface area contributed by atoms with Gasteiger partial charge < -0.3 is 9.80 Å². The molecule has 0 unspecified atom stereocenters. The van der Waals surface area contributed by atoms with E-state index in [1.165, 1.54) is 25.7 Å².